The first-order valence-electron chi connectivity index (χ1n) is 37.9. The van der Waals surface area contributed by atoms with Crippen LogP contribution in [0, 0.1) is 17.8 Å². The van der Waals surface area contributed by atoms with Gasteiger partial charge in [-0.2, -0.15) is 0 Å². The highest BCUT2D eigenvalue weighted by molar-refractivity contribution is 7.47. The fraction of sp³-hybridized carbons (Fsp3) is 0.945. The lowest BCUT2D eigenvalue weighted by molar-refractivity contribution is -0.161. The Morgan fingerprint density at radius 3 is 0.826 bits per heavy atom. The second-order valence-corrected chi connectivity index (χ2v) is 30.4. The Balaban J connectivity index is 5.13. The quantitative estimate of drug-likeness (QED) is 0.0222. The van der Waals surface area contributed by atoms with Crippen LogP contribution in [0.4, 0.5) is 0 Å². The Morgan fingerprint density at radius 2 is 0.554 bits per heavy atom. The summed E-state index contributed by atoms with van der Waals surface area (Å²) in [6.45, 7) is 11.8. The summed E-state index contributed by atoms with van der Waals surface area (Å²) in [4.78, 5) is 72.4. The highest BCUT2D eigenvalue weighted by atomic mass is 31.2. The number of aliphatic hydroxyl groups excluding tert-OH is 1. The van der Waals surface area contributed by atoms with E-state index >= 15 is 0 Å². The van der Waals surface area contributed by atoms with E-state index in [2.05, 4.69) is 48.5 Å². The molecule has 0 aliphatic heterocycles. The second kappa shape index (κ2) is 63.8. The lowest BCUT2D eigenvalue weighted by Crippen LogP contribution is -2.30. The third-order valence-corrected chi connectivity index (χ3v) is 19.1. The summed E-state index contributed by atoms with van der Waals surface area (Å²) < 4.78 is 68.2. The number of hydrogen-bond acceptors (Lipinski definition) is 15. The number of unbranched alkanes of at least 4 members (excludes halogenated alkanes) is 38. The molecule has 92 heavy (non-hydrogen) atoms. The first-order chi connectivity index (χ1) is 44.3. The summed E-state index contributed by atoms with van der Waals surface area (Å²) in [6, 6.07) is 0. The van der Waals surface area contributed by atoms with Crippen LogP contribution in [-0.2, 0) is 65.4 Å². The summed E-state index contributed by atoms with van der Waals surface area (Å²) in [5, 5.41) is 10.6. The monoisotopic (exact) mass is 1350 g/mol. The molecule has 0 aromatic rings. The number of carbonyl (C=O) groups excluding carboxylic acids is 4. The zero-order chi connectivity index (χ0) is 68.0. The molecule has 3 unspecified atom stereocenters. The molecule has 0 aromatic carbocycles. The van der Waals surface area contributed by atoms with Crippen molar-refractivity contribution in [2.24, 2.45) is 17.8 Å². The van der Waals surface area contributed by atoms with Gasteiger partial charge in [0.05, 0.1) is 26.4 Å². The van der Waals surface area contributed by atoms with Crippen LogP contribution in [-0.4, -0.2) is 96.7 Å². The highest BCUT2D eigenvalue weighted by Crippen LogP contribution is 2.45. The first-order valence-corrected chi connectivity index (χ1v) is 40.9. The molecule has 0 spiro atoms. The van der Waals surface area contributed by atoms with Crippen molar-refractivity contribution < 1.29 is 80.2 Å². The highest BCUT2D eigenvalue weighted by Gasteiger charge is 2.30. The molecule has 6 atom stereocenters. The largest absolute Gasteiger partial charge is 0.472 e. The zero-order valence-electron chi connectivity index (χ0n) is 60.0. The van der Waals surface area contributed by atoms with Crippen molar-refractivity contribution in [3.8, 4) is 0 Å². The van der Waals surface area contributed by atoms with Gasteiger partial charge in [0, 0.05) is 25.7 Å². The second-order valence-electron chi connectivity index (χ2n) is 27.5. The molecule has 19 heteroatoms. The Labute approximate surface area is 562 Å². The molecule has 3 N–H and O–H groups in total. The van der Waals surface area contributed by atoms with Gasteiger partial charge < -0.3 is 33.8 Å². The number of hydrogen-bond donors (Lipinski definition) is 3. The van der Waals surface area contributed by atoms with E-state index in [9.17, 15) is 43.2 Å². The van der Waals surface area contributed by atoms with E-state index in [-0.39, 0.29) is 25.7 Å². The molecule has 0 aromatic heterocycles. The van der Waals surface area contributed by atoms with Gasteiger partial charge in [-0.3, -0.25) is 37.3 Å². The summed E-state index contributed by atoms with van der Waals surface area (Å²) >= 11 is 0. The molecular formula is C73H142O17P2. The molecular weight excluding hydrogens is 1210 g/mol. The van der Waals surface area contributed by atoms with Crippen molar-refractivity contribution in [3.05, 3.63) is 0 Å². The van der Waals surface area contributed by atoms with Crippen LogP contribution >= 0.6 is 15.6 Å². The topological polar surface area (TPSA) is 237 Å². The van der Waals surface area contributed by atoms with Gasteiger partial charge in [-0.1, -0.05) is 318 Å². The molecule has 0 saturated carbocycles. The van der Waals surface area contributed by atoms with E-state index in [0.717, 1.165) is 114 Å². The maximum absolute atomic E-state index is 13.1. The average Bonchev–Trinajstić information content (AvgIpc) is 2.13. The normalized spacial score (nSPS) is 14.4. The molecule has 0 fully saturated rings. The number of rotatable bonds is 71. The summed E-state index contributed by atoms with van der Waals surface area (Å²) in [5.74, 6) is 0.226. The van der Waals surface area contributed by atoms with E-state index in [1.165, 1.54) is 173 Å². The Hall–Kier alpha value is -1.94. The minimum absolute atomic E-state index is 0.104. The van der Waals surface area contributed by atoms with E-state index in [1.807, 2.05) is 0 Å². The molecule has 0 radical (unpaired) electrons. The number of esters is 4. The fourth-order valence-corrected chi connectivity index (χ4v) is 12.6. The Morgan fingerprint density at radius 1 is 0.315 bits per heavy atom. The number of aliphatic hydroxyl groups is 1. The van der Waals surface area contributed by atoms with Crippen LogP contribution in [0.5, 0.6) is 0 Å². The average molecular weight is 1350 g/mol. The maximum Gasteiger partial charge on any atom is 0.472 e. The summed E-state index contributed by atoms with van der Waals surface area (Å²) in [6.07, 6.45) is 49.0. The lowest BCUT2D eigenvalue weighted by atomic mass is 9.99. The van der Waals surface area contributed by atoms with Crippen LogP contribution in [0.2, 0.25) is 0 Å². The van der Waals surface area contributed by atoms with Gasteiger partial charge in [0.15, 0.2) is 12.2 Å². The molecule has 0 amide bonds. The van der Waals surface area contributed by atoms with Crippen molar-refractivity contribution in [1.82, 2.24) is 0 Å². The van der Waals surface area contributed by atoms with E-state index in [0.29, 0.717) is 25.7 Å². The van der Waals surface area contributed by atoms with Crippen molar-refractivity contribution in [1.29, 1.82) is 0 Å². The first kappa shape index (κ1) is 90.1. The van der Waals surface area contributed by atoms with Crippen molar-refractivity contribution in [3.63, 3.8) is 0 Å². The van der Waals surface area contributed by atoms with Crippen LogP contribution in [0.1, 0.15) is 370 Å². The Bertz CT molecular complexity index is 1800. The molecule has 0 heterocycles. The predicted octanol–water partition coefficient (Wildman–Crippen LogP) is 21.0. The van der Waals surface area contributed by atoms with Gasteiger partial charge in [0.1, 0.15) is 19.3 Å². The molecule has 0 aliphatic rings. The van der Waals surface area contributed by atoms with Crippen LogP contribution in [0.15, 0.2) is 0 Å². The SMILES string of the molecule is CCCCCCCC(=O)OC[C@H](COP(=O)(O)OC[C@H](O)COP(=O)(O)OC[C@@H](COC(=O)CCCCCCCCCCCCCC(C)C)OC(=O)CCCCCCCCCCCCCCCCCCCCC(C)C)OC(=O)CCCCCCCCCCC(C)CC. The van der Waals surface area contributed by atoms with E-state index in [1.54, 1.807) is 0 Å². The number of phosphoric ester groups is 2. The van der Waals surface area contributed by atoms with Crippen molar-refractivity contribution >= 4 is 39.5 Å². The van der Waals surface area contributed by atoms with E-state index in [4.69, 9.17) is 37.0 Å². The number of phosphoric acid groups is 2. The summed E-state index contributed by atoms with van der Waals surface area (Å²) in [7, 11) is -9.90. The predicted molar refractivity (Wildman–Crippen MR) is 372 cm³/mol. The molecule has 0 bridgehead atoms. The van der Waals surface area contributed by atoms with Gasteiger partial charge in [-0.15, -0.1) is 0 Å². The third-order valence-electron chi connectivity index (χ3n) is 17.2. The maximum atomic E-state index is 13.1. The van der Waals surface area contributed by atoms with Gasteiger partial charge in [0.25, 0.3) is 0 Å². The van der Waals surface area contributed by atoms with Gasteiger partial charge in [-0.05, 0) is 43.4 Å². The lowest BCUT2D eigenvalue weighted by Gasteiger charge is -2.21. The molecule has 0 aliphatic carbocycles. The molecule has 17 nitrogen and oxygen atoms in total. The smallest absolute Gasteiger partial charge is 0.462 e. The Kier molecular flexibility index (Phi) is 62.4. The summed E-state index contributed by atoms with van der Waals surface area (Å²) in [5.41, 5.74) is 0. The van der Waals surface area contributed by atoms with Crippen LogP contribution < -0.4 is 0 Å². The zero-order valence-corrected chi connectivity index (χ0v) is 61.8. The van der Waals surface area contributed by atoms with Crippen LogP contribution in [0.25, 0.3) is 0 Å². The minimum atomic E-state index is -4.95. The van der Waals surface area contributed by atoms with Crippen LogP contribution in [0.3, 0.4) is 0 Å². The third kappa shape index (κ3) is 65.4. The number of ether oxygens (including phenoxy) is 4. The van der Waals surface area contributed by atoms with Gasteiger partial charge in [0.2, 0.25) is 0 Å². The fourth-order valence-electron chi connectivity index (χ4n) is 11.0. The molecule has 0 rings (SSSR count). The molecule has 0 saturated heterocycles. The minimum Gasteiger partial charge on any atom is -0.462 e. The van der Waals surface area contributed by atoms with Crippen molar-refractivity contribution in [2.45, 2.75) is 388 Å². The standard InChI is InChI=1S/C73H142O17P2/c1-8-10-11-37-47-54-70(75)83-60-68(89-73(78)57-50-43-36-30-29-33-40-46-53-66(7)9-2)62-87-91(79,80)85-58-67(74)59-86-92(81,82)88-63-69(61-84-71(76)55-48-41-34-27-24-20-22-26-32-39-45-52-65(5)6)90-72(77)56-49-42-35-28-23-19-17-15-13-12-14-16-18-21-25-31-38-44-51-64(3)4/h64-69,74H,8-63H2,1-7H3,(H,79,80)(H,81,82)/t66?,67-,68+,69+/m0/s1. The van der Waals surface area contributed by atoms with E-state index < -0.39 is 97.5 Å². The van der Waals surface area contributed by atoms with Gasteiger partial charge >= 0.3 is 39.5 Å². The number of carbonyl (C=O) groups is 4. The molecule has 546 valence electrons. The van der Waals surface area contributed by atoms with Gasteiger partial charge in [-0.25, -0.2) is 9.13 Å². The van der Waals surface area contributed by atoms with Crippen molar-refractivity contribution in [2.75, 3.05) is 39.6 Å².